The molecule has 1 atom stereocenters. The van der Waals surface area contributed by atoms with Gasteiger partial charge in [-0.2, -0.15) is 0 Å². The Labute approximate surface area is 242 Å². The number of ketones is 2. The molecule has 1 aliphatic carbocycles. The Balaban J connectivity index is 1.55. The Morgan fingerprint density at radius 1 is 0.902 bits per heavy atom. The molecule has 7 nitrogen and oxygen atoms in total. The van der Waals surface area contributed by atoms with Crippen molar-refractivity contribution in [1.82, 2.24) is 9.47 Å². The number of ether oxygens (including phenoxy) is 3. The van der Waals surface area contributed by atoms with E-state index in [1.54, 1.807) is 14.2 Å². The van der Waals surface area contributed by atoms with E-state index in [1.807, 2.05) is 62.4 Å². The number of nitrogens with zero attached hydrogens (tertiary/aromatic N) is 2. The third-order valence-corrected chi connectivity index (χ3v) is 8.72. The Hall–Kier alpha value is -3.26. The largest absolute Gasteiger partial charge is 0.501 e. The Morgan fingerprint density at radius 3 is 2.20 bits per heavy atom. The van der Waals surface area contributed by atoms with Gasteiger partial charge < -0.3 is 18.8 Å². The summed E-state index contributed by atoms with van der Waals surface area (Å²) in [5.41, 5.74) is 3.59. The Kier molecular flexibility index (Phi) is 8.78. The van der Waals surface area contributed by atoms with Crippen LogP contribution in [0.4, 0.5) is 0 Å². The van der Waals surface area contributed by atoms with Gasteiger partial charge in [-0.1, -0.05) is 13.0 Å². The first-order valence-electron chi connectivity index (χ1n) is 14.7. The highest BCUT2D eigenvalue weighted by Gasteiger charge is 2.36. The first-order valence-corrected chi connectivity index (χ1v) is 14.7. The lowest BCUT2D eigenvalue weighted by Gasteiger charge is -2.34. The summed E-state index contributed by atoms with van der Waals surface area (Å²) < 4.78 is 18.6. The number of carbonyl (C=O) groups excluding carboxylic acids is 2. The second-order valence-corrected chi connectivity index (χ2v) is 11.7. The third kappa shape index (κ3) is 5.76. The molecule has 0 amide bonds. The van der Waals surface area contributed by atoms with E-state index in [2.05, 4.69) is 16.4 Å². The smallest absolute Gasteiger partial charge is 0.189 e. The van der Waals surface area contributed by atoms with Crippen molar-refractivity contribution in [3.05, 3.63) is 71.0 Å². The number of fused-ring (bicyclic) bond motifs is 3. The molecule has 1 aliphatic heterocycles. The van der Waals surface area contributed by atoms with Gasteiger partial charge in [0.1, 0.15) is 0 Å². The number of benzene rings is 2. The first kappa shape index (κ1) is 29.2. The fraction of sp³-hybridized carbons (Fsp3) is 0.471. The quantitative estimate of drug-likeness (QED) is 0.195. The Bertz CT molecular complexity index is 1510. The normalized spacial score (nSPS) is 18.1. The number of aromatic nitrogens is 1. The van der Waals surface area contributed by atoms with Gasteiger partial charge in [-0.3, -0.25) is 14.5 Å². The summed E-state index contributed by atoms with van der Waals surface area (Å²) in [7, 11) is 3.33. The highest BCUT2D eigenvalue weighted by molar-refractivity contribution is 6.16. The molecule has 7 heteroatoms. The molecule has 3 aromatic rings. The van der Waals surface area contributed by atoms with E-state index in [-0.39, 0.29) is 17.5 Å². The van der Waals surface area contributed by atoms with Gasteiger partial charge >= 0.3 is 0 Å². The summed E-state index contributed by atoms with van der Waals surface area (Å²) in [6, 6.07) is 11.9. The van der Waals surface area contributed by atoms with Crippen LogP contribution in [0.2, 0.25) is 0 Å². The van der Waals surface area contributed by atoms with Crippen molar-refractivity contribution in [3.8, 4) is 0 Å². The van der Waals surface area contributed by atoms with Crippen molar-refractivity contribution >= 4 is 33.4 Å². The minimum atomic E-state index is -0.572. The molecule has 1 fully saturated rings. The van der Waals surface area contributed by atoms with Crippen LogP contribution in [-0.4, -0.2) is 73.7 Å². The lowest BCUT2D eigenvalue weighted by Crippen LogP contribution is -2.48. The van der Waals surface area contributed by atoms with E-state index in [1.165, 1.54) is 0 Å². The van der Waals surface area contributed by atoms with Gasteiger partial charge in [0.2, 0.25) is 0 Å². The van der Waals surface area contributed by atoms with Crippen molar-refractivity contribution in [2.75, 3.05) is 47.1 Å². The summed E-state index contributed by atoms with van der Waals surface area (Å²) >= 11 is 0. The average molecular weight is 559 g/mol. The fourth-order valence-corrected chi connectivity index (χ4v) is 6.27. The van der Waals surface area contributed by atoms with Crippen LogP contribution in [0, 0.1) is 5.92 Å². The zero-order chi connectivity index (χ0) is 29.1. The van der Waals surface area contributed by atoms with Crippen LogP contribution < -0.4 is 0 Å². The van der Waals surface area contributed by atoms with E-state index < -0.39 is 5.54 Å². The van der Waals surface area contributed by atoms with E-state index in [0.717, 1.165) is 59.1 Å². The van der Waals surface area contributed by atoms with Crippen molar-refractivity contribution in [1.29, 1.82) is 0 Å². The number of hydrogen-bond acceptors (Lipinski definition) is 6. The standard InChI is InChI=1S/C34H42N2O5/c1-23-20-24(10-13-31(23)40-5)32(37)25-8-11-29-27(21-25)28-22-26(33(38)34(2,3)35-14-6-7-15-35)9-12-30(28)36(29)16-17-41-19-18-39-4/h8-13,21-23H,6-7,14-20H2,1-5H3. The summed E-state index contributed by atoms with van der Waals surface area (Å²) in [6.07, 6.45) is 6.68. The molecule has 1 aromatic heterocycles. The van der Waals surface area contributed by atoms with Gasteiger partial charge in [0, 0.05) is 58.1 Å². The molecular weight excluding hydrogens is 516 g/mol. The highest BCUT2D eigenvalue weighted by atomic mass is 16.5. The number of allylic oxidation sites excluding steroid dienone is 4. The van der Waals surface area contributed by atoms with Crippen molar-refractivity contribution in [3.63, 3.8) is 0 Å². The molecule has 1 saturated heterocycles. The van der Waals surface area contributed by atoms with Crippen molar-refractivity contribution < 1.29 is 23.8 Å². The van der Waals surface area contributed by atoms with Crippen molar-refractivity contribution in [2.45, 2.75) is 52.1 Å². The predicted octanol–water partition coefficient (Wildman–Crippen LogP) is 6.19. The number of Topliss-reactive ketones (excluding diaryl/α,β-unsaturated/α-hetero) is 2. The number of hydrogen-bond donors (Lipinski definition) is 0. The number of likely N-dealkylation sites (tertiary alicyclic amines) is 1. The zero-order valence-corrected chi connectivity index (χ0v) is 25.0. The van der Waals surface area contributed by atoms with Crippen LogP contribution in [0.5, 0.6) is 0 Å². The molecule has 0 N–H and O–H groups in total. The molecule has 41 heavy (non-hydrogen) atoms. The average Bonchev–Trinajstić information content (AvgIpc) is 3.63. The van der Waals surface area contributed by atoms with E-state index >= 15 is 0 Å². The third-order valence-electron chi connectivity index (χ3n) is 8.72. The molecule has 218 valence electrons. The molecule has 5 rings (SSSR count). The molecule has 0 spiro atoms. The van der Waals surface area contributed by atoms with Crippen LogP contribution in [0.15, 0.2) is 59.9 Å². The second kappa shape index (κ2) is 12.3. The molecule has 2 aliphatic rings. The minimum absolute atomic E-state index is 0.0244. The molecule has 1 unspecified atom stereocenters. The summed E-state index contributed by atoms with van der Waals surface area (Å²) in [5.74, 6) is 1.19. The summed E-state index contributed by atoms with van der Waals surface area (Å²) in [5, 5.41) is 1.94. The lowest BCUT2D eigenvalue weighted by atomic mass is 9.89. The van der Waals surface area contributed by atoms with Gasteiger partial charge in [-0.05, 0) is 88.7 Å². The highest BCUT2D eigenvalue weighted by Crippen LogP contribution is 2.34. The molecule has 2 aromatic carbocycles. The topological polar surface area (TPSA) is 70.0 Å². The fourth-order valence-electron chi connectivity index (χ4n) is 6.27. The number of carbonyl (C=O) groups is 2. The number of rotatable bonds is 12. The SMILES string of the molecule is COCCOCCn1c2ccc(C(=O)C3=CC=C(OC)C(C)C3)cc2c2cc(C(=O)C(C)(C)N3CCCC3)ccc21. The van der Waals surface area contributed by atoms with Gasteiger partial charge in [0.25, 0.3) is 0 Å². The molecule has 0 bridgehead atoms. The summed E-state index contributed by atoms with van der Waals surface area (Å²) in [6.45, 7) is 10.3. The molecule has 0 radical (unpaired) electrons. The maximum atomic E-state index is 13.8. The van der Waals surface area contributed by atoms with Crippen LogP contribution in [0.3, 0.4) is 0 Å². The van der Waals surface area contributed by atoms with Gasteiger partial charge in [0.05, 0.1) is 38.2 Å². The maximum Gasteiger partial charge on any atom is 0.189 e. The van der Waals surface area contributed by atoms with E-state index in [0.29, 0.717) is 43.9 Å². The molecular formula is C34H42N2O5. The van der Waals surface area contributed by atoms with E-state index in [9.17, 15) is 9.59 Å². The van der Waals surface area contributed by atoms with Gasteiger partial charge in [-0.15, -0.1) is 0 Å². The van der Waals surface area contributed by atoms with Gasteiger partial charge in [0.15, 0.2) is 11.6 Å². The minimum Gasteiger partial charge on any atom is -0.501 e. The predicted molar refractivity (Wildman–Crippen MR) is 163 cm³/mol. The van der Waals surface area contributed by atoms with Crippen molar-refractivity contribution in [2.24, 2.45) is 5.92 Å². The molecule has 2 heterocycles. The maximum absolute atomic E-state index is 13.8. The Morgan fingerprint density at radius 2 is 1.56 bits per heavy atom. The van der Waals surface area contributed by atoms with Crippen LogP contribution in [0.25, 0.3) is 21.8 Å². The summed E-state index contributed by atoms with van der Waals surface area (Å²) in [4.78, 5) is 29.7. The first-order chi connectivity index (χ1) is 19.8. The van der Waals surface area contributed by atoms with Crippen LogP contribution >= 0.6 is 0 Å². The zero-order valence-electron chi connectivity index (χ0n) is 25.0. The van der Waals surface area contributed by atoms with Crippen LogP contribution in [-0.2, 0) is 20.8 Å². The monoisotopic (exact) mass is 558 g/mol. The second-order valence-electron chi connectivity index (χ2n) is 11.7. The number of methoxy groups -OCH3 is 2. The van der Waals surface area contributed by atoms with E-state index in [4.69, 9.17) is 14.2 Å². The van der Waals surface area contributed by atoms with Crippen LogP contribution in [0.1, 0.15) is 60.7 Å². The van der Waals surface area contributed by atoms with Gasteiger partial charge in [-0.25, -0.2) is 0 Å². The molecule has 0 saturated carbocycles. The lowest BCUT2D eigenvalue weighted by molar-refractivity contribution is 0.0673.